The highest BCUT2D eigenvalue weighted by atomic mass is 19.4. The van der Waals surface area contributed by atoms with Crippen LogP contribution < -0.4 is 0 Å². The molecule has 0 saturated heterocycles. The summed E-state index contributed by atoms with van der Waals surface area (Å²) >= 11 is 0. The molecule has 0 aliphatic carbocycles. The second kappa shape index (κ2) is 4.71. The third-order valence-corrected chi connectivity index (χ3v) is 2.35. The van der Waals surface area contributed by atoms with Crippen LogP contribution in [-0.4, -0.2) is 25.8 Å². The minimum atomic E-state index is -4.37. The van der Waals surface area contributed by atoms with E-state index in [2.05, 4.69) is 10.1 Å². The first kappa shape index (κ1) is 13.1. The lowest BCUT2D eigenvalue weighted by Crippen LogP contribution is -2.06. The van der Waals surface area contributed by atoms with Crippen LogP contribution in [0.25, 0.3) is 0 Å². The molecule has 2 aromatic rings. The Hall–Kier alpha value is -2.38. The monoisotopic (exact) mass is 271 g/mol. The number of carboxylic acids is 1. The molecule has 1 aromatic heterocycles. The Morgan fingerprint density at radius 1 is 1.26 bits per heavy atom. The minimum absolute atomic E-state index is 0.151. The van der Waals surface area contributed by atoms with Gasteiger partial charge >= 0.3 is 12.1 Å². The SMILES string of the molecule is O=C(O)c1ncn(Cc2ccc(C(F)(F)F)cc2)n1. The zero-order valence-corrected chi connectivity index (χ0v) is 9.42. The summed E-state index contributed by atoms with van der Waals surface area (Å²) in [5.41, 5.74) is -0.170. The maximum atomic E-state index is 12.3. The Morgan fingerprint density at radius 2 is 1.89 bits per heavy atom. The van der Waals surface area contributed by atoms with E-state index in [1.54, 1.807) is 0 Å². The zero-order chi connectivity index (χ0) is 14.0. The Morgan fingerprint density at radius 3 is 2.37 bits per heavy atom. The highest BCUT2D eigenvalue weighted by molar-refractivity contribution is 5.82. The van der Waals surface area contributed by atoms with Crippen molar-refractivity contribution in [3.05, 3.63) is 47.5 Å². The van der Waals surface area contributed by atoms with E-state index >= 15 is 0 Å². The van der Waals surface area contributed by atoms with E-state index in [0.717, 1.165) is 12.1 Å². The second-order valence-corrected chi connectivity index (χ2v) is 3.77. The molecule has 0 unspecified atom stereocenters. The molecule has 1 heterocycles. The van der Waals surface area contributed by atoms with Gasteiger partial charge in [0.25, 0.3) is 5.82 Å². The van der Waals surface area contributed by atoms with Crippen LogP contribution in [0.2, 0.25) is 0 Å². The Balaban J connectivity index is 2.13. The number of alkyl halides is 3. The summed E-state index contributed by atoms with van der Waals surface area (Å²) < 4.78 is 38.3. The first-order valence-corrected chi connectivity index (χ1v) is 5.15. The van der Waals surface area contributed by atoms with Gasteiger partial charge in [0.1, 0.15) is 6.33 Å². The van der Waals surface area contributed by atoms with Crippen molar-refractivity contribution in [2.45, 2.75) is 12.7 Å². The summed E-state index contributed by atoms with van der Waals surface area (Å²) in [4.78, 5) is 14.1. The predicted octanol–water partition coefficient (Wildman–Crippen LogP) is 2.04. The van der Waals surface area contributed by atoms with Gasteiger partial charge in [-0.15, -0.1) is 5.10 Å². The van der Waals surface area contributed by atoms with Crippen LogP contribution in [-0.2, 0) is 12.7 Å². The fraction of sp³-hybridized carbons (Fsp3) is 0.182. The number of halogens is 3. The first-order valence-electron chi connectivity index (χ1n) is 5.15. The molecule has 19 heavy (non-hydrogen) atoms. The van der Waals surface area contributed by atoms with Crippen LogP contribution in [0, 0.1) is 0 Å². The van der Waals surface area contributed by atoms with Crippen molar-refractivity contribution in [2.24, 2.45) is 0 Å². The summed E-state index contributed by atoms with van der Waals surface area (Å²) in [6.07, 6.45) is -3.16. The molecule has 1 aromatic carbocycles. The van der Waals surface area contributed by atoms with Crippen LogP contribution >= 0.6 is 0 Å². The topological polar surface area (TPSA) is 68.0 Å². The lowest BCUT2D eigenvalue weighted by molar-refractivity contribution is -0.137. The summed E-state index contributed by atoms with van der Waals surface area (Å²) in [5.74, 6) is -1.61. The van der Waals surface area contributed by atoms with Crippen LogP contribution in [0.4, 0.5) is 13.2 Å². The molecule has 0 spiro atoms. The summed E-state index contributed by atoms with van der Waals surface area (Å²) in [7, 11) is 0. The number of hydrogen-bond acceptors (Lipinski definition) is 3. The molecular formula is C11H8F3N3O2. The Bertz CT molecular complexity index is 590. The van der Waals surface area contributed by atoms with Gasteiger partial charge in [-0.1, -0.05) is 12.1 Å². The smallest absolute Gasteiger partial charge is 0.416 e. The molecule has 2 rings (SSSR count). The van der Waals surface area contributed by atoms with Crippen molar-refractivity contribution in [3.63, 3.8) is 0 Å². The Labute approximate surface area is 105 Å². The number of rotatable bonds is 3. The van der Waals surface area contributed by atoms with Crippen molar-refractivity contribution < 1.29 is 23.1 Å². The second-order valence-electron chi connectivity index (χ2n) is 3.77. The van der Waals surface area contributed by atoms with E-state index in [-0.39, 0.29) is 12.4 Å². The molecule has 5 nitrogen and oxygen atoms in total. The molecule has 0 amide bonds. The maximum absolute atomic E-state index is 12.3. The van der Waals surface area contributed by atoms with Gasteiger partial charge in [-0.3, -0.25) is 0 Å². The van der Waals surface area contributed by atoms with E-state index < -0.39 is 17.7 Å². The van der Waals surface area contributed by atoms with Crippen molar-refractivity contribution in [2.75, 3.05) is 0 Å². The number of carboxylic acid groups (broad SMARTS) is 1. The van der Waals surface area contributed by atoms with Gasteiger partial charge in [0.05, 0.1) is 12.1 Å². The van der Waals surface area contributed by atoms with Crippen LogP contribution in [0.1, 0.15) is 21.7 Å². The summed E-state index contributed by atoms with van der Waals surface area (Å²) in [5, 5.41) is 12.3. The molecule has 0 aliphatic rings. The molecule has 8 heteroatoms. The zero-order valence-electron chi connectivity index (χ0n) is 9.42. The van der Waals surface area contributed by atoms with Crippen LogP contribution in [0.15, 0.2) is 30.6 Å². The molecule has 0 radical (unpaired) electrons. The Kier molecular flexibility index (Phi) is 3.24. The number of aromatic nitrogens is 3. The highest BCUT2D eigenvalue weighted by Gasteiger charge is 2.29. The van der Waals surface area contributed by atoms with Crippen molar-refractivity contribution in [1.82, 2.24) is 14.8 Å². The fourth-order valence-electron chi connectivity index (χ4n) is 1.46. The van der Waals surface area contributed by atoms with Crippen molar-refractivity contribution in [1.29, 1.82) is 0 Å². The molecular weight excluding hydrogens is 263 g/mol. The molecule has 0 aliphatic heterocycles. The number of nitrogens with zero attached hydrogens (tertiary/aromatic N) is 3. The van der Waals surface area contributed by atoms with Gasteiger partial charge < -0.3 is 5.11 Å². The average molecular weight is 271 g/mol. The van der Waals surface area contributed by atoms with Gasteiger partial charge in [0.15, 0.2) is 0 Å². The van der Waals surface area contributed by atoms with Gasteiger partial charge in [0.2, 0.25) is 0 Å². The standard InChI is InChI=1S/C11H8F3N3O2/c12-11(13,14)8-3-1-7(2-4-8)5-17-6-15-9(16-17)10(18)19/h1-4,6H,5H2,(H,18,19). The highest BCUT2D eigenvalue weighted by Crippen LogP contribution is 2.29. The van der Waals surface area contributed by atoms with E-state index in [9.17, 15) is 18.0 Å². The number of hydrogen-bond donors (Lipinski definition) is 1. The third-order valence-electron chi connectivity index (χ3n) is 2.35. The van der Waals surface area contributed by atoms with E-state index in [1.807, 2.05) is 0 Å². The lowest BCUT2D eigenvalue weighted by atomic mass is 10.1. The van der Waals surface area contributed by atoms with Crippen LogP contribution in [0.5, 0.6) is 0 Å². The van der Waals surface area contributed by atoms with Gasteiger partial charge in [-0.25, -0.2) is 14.5 Å². The third kappa shape index (κ3) is 3.09. The number of aromatic carboxylic acids is 1. The van der Waals surface area contributed by atoms with E-state index in [0.29, 0.717) is 5.56 Å². The molecule has 0 atom stereocenters. The van der Waals surface area contributed by atoms with Gasteiger partial charge in [-0.05, 0) is 17.7 Å². The quantitative estimate of drug-likeness (QED) is 0.927. The number of carbonyl (C=O) groups is 1. The van der Waals surface area contributed by atoms with Crippen molar-refractivity contribution in [3.8, 4) is 0 Å². The van der Waals surface area contributed by atoms with E-state index in [4.69, 9.17) is 5.11 Å². The largest absolute Gasteiger partial charge is 0.475 e. The first-order chi connectivity index (χ1) is 8.86. The molecule has 0 saturated carbocycles. The van der Waals surface area contributed by atoms with E-state index in [1.165, 1.54) is 23.1 Å². The predicted molar refractivity (Wildman–Crippen MR) is 57.5 cm³/mol. The molecule has 100 valence electrons. The molecule has 1 N–H and O–H groups in total. The summed E-state index contributed by atoms with van der Waals surface area (Å²) in [6.45, 7) is 0.151. The average Bonchev–Trinajstić information content (AvgIpc) is 2.77. The number of benzene rings is 1. The van der Waals surface area contributed by atoms with Gasteiger partial charge in [-0.2, -0.15) is 13.2 Å². The molecule has 0 bridgehead atoms. The lowest BCUT2D eigenvalue weighted by Gasteiger charge is -2.07. The van der Waals surface area contributed by atoms with Gasteiger partial charge in [0, 0.05) is 0 Å². The molecule has 0 fully saturated rings. The summed E-state index contributed by atoms with van der Waals surface area (Å²) in [6, 6.07) is 4.55. The normalized spacial score (nSPS) is 11.5. The maximum Gasteiger partial charge on any atom is 0.416 e. The van der Waals surface area contributed by atoms with Crippen LogP contribution in [0.3, 0.4) is 0 Å². The fourth-order valence-corrected chi connectivity index (χ4v) is 1.46. The minimum Gasteiger partial charge on any atom is -0.475 e. The van der Waals surface area contributed by atoms with Crippen molar-refractivity contribution >= 4 is 5.97 Å².